The number of aryl methyl sites for hydroxylation is 1. The number of rotatable bonds is 8. The Kier molecular flexibility index (Phi) is 7.70. The Morgan fingerprint density at radius 1 is 1.24 bits per heavy atom. The third-order valence-corrected chi connectivity index (χ3v) is 7.17. The molecule has 176 valence electrons. The molecule has 0 fully saturated rings. The standard InChI is InChI=1S/C27H27ClN2O3S/c1-3-13-29(27(32)20-8-6-9-21(28)16-20)17-26(31)30-14-11-25-22(12-15-34-25)23(30)18-33-24-10-5-4-7-19(24)2/h3-10,12,15-16,23H,1,11,13-14,17-18H2,2H3. The molecule has 3 aromatic rings. The van der Waals surface area contributed by atoms with Gasteiger partial charge >= 0.3 is 0 Å². The van der Waals surface area contributed by atoms with Crippen LogP contribution in [0.2, 0.25) is 5.02 Å². The minimum absolute atomic E-state index is 0.0439. The summed E-state index contributed by atoms with van der Waals surface area (Å²) in [5, 5.41) is 2.54. The molecule has 0 saturated heterocycles. The molecule has 5 nitrogen and oxygen atoms in total. The van der Waals surface area contributed by atoms with Gasteiger partial charge in [-0.15, -0.1) is 17.9 Å². The molecule has 34 heavy (non-hydrogen) atoms. The van der Waals surface area contributed by atoms with Gasteiger partial charge in [-0.25, -0.2) is 0 Å². The Hall–Kier alpha value is -3.09. The zero-order valence-electron chi connectivity index (χ0n) is 19.1. The molecular formula is C27H27ClN2O3S. The maximum atomic E-state index is 13.5. The van der Waals surface area contributed by atoms with Crippen molar-refractivity contribution in [3.63, 3.8) is 0 Å². The molecule has 4 rings (SSSR count). The predicted molar refractivity (Wildman–Crippen MR) is 137 cm³/mol. The van der Waals surface area contributed by atoms with E-state index in [1.54, 1.807) is 41.7 Å². The Morgan fingerprint density at radius 2 is 2.06 bits per heavy atom. The first-order chi connectivity index (χ1) is 16.5. The zero-order valence-corrected chi connectivity index (χ0v) is 20.6. The molecule has 2 heterocycles. The third kappa shape index (κ3) is 5.34. The molecule has 0 N–H and O–H groups in total. The summed E-state index contributed by atoms with van der Waals surface area (Å²) in [6, 6.07) is 16.5. The normalized spacial score (nSPS) is 14.9. The van der Waals surface area contributed by atoms with E-state index in [1.807, 2.05) is 36.1 Å². The van der Waals surface area contributed by atoms with Crippen molar-refractivity contribution < 1.29 is 14.3 Å². The van der Waals surface area contributed by atoms with Crippen LogP contribution in [0.4, 0.5) is 0 Å². The van der Waals surface area contributed by atoms with Crippen molar-refractivity contribution in [3.8, 4) is 5.75 Å². The average molecular weight is 495 g/mol. The Morgan fingerprint density at radius 3 is 2.82 bits per heavy atom. The summed E-state index contributed by atoms with van der Waals surface area (Å²) in [7, 11) is 0. The summed E-state index contributed by atoms with van der Waals surface area (Å²) >= 11 is 7.78. The fraction of sp³-hybridized carbons (Fsp3) is 0.259. The van der Waals surface area contributed by atoms with Gasteiger partial charge in [0.25, 0.3) is 5.91 Å². The molecule has 7 heteroatoms. The van der Waals surface area contributed by atoms with Gasteiger partial charge in [-0.3, -0.25) is 9.59 Å². The summed E-state index contributed by atoms with van der Waals surface area (Å²) in [6.07, 6.45) is 2.42. The molecule has 1 aliphatic heterocycles. The lowest BCUT2D eigenvalue weighted by molar-refractivity contribution is -0.135. The highest BCUT2D eigenvalue weighted by Crippen LogP contribution is 2.34. The van der Waals surface area contributed by atoms with Crippen LogP contribution in [0.15, 0.2) is 72.6 Å². The summed E-state index contributed by atoms with van der Waals surface area (Å²) in [5.74, 6) is 0.436. The van der Waals surface area contributed by atoms with Gasteiger partial charge in [-0.05, 0) is 60.2 Å². The lowest BCUT2D eigenvalue weighted by atomic mass is 10.00. The molecule has 1 unspecified atom stereocenters. The van der Waals surface area contributed by atoms with E-state index in [0.717, 1.165) is 23.3 Å². The Balaban J connectivity index is 1.53. The molecule has 1 atom stereocenters. The fourth-order valence-corrected chi connectivity index (χ4v) is 5.31. The van der Waals surface area contributed by atoms with Gasteiger partial charge in [0.1, 0.15) is 18.9 Å². The van der Waals surface area contributed by atoms with Gasteiger partial charge in [0.05, 0.1) is 6.04 Å². The monoisotopic (exact) mass is 494 g/mol. The van der Waals surface area contributed by atoms with Crippen molar-refractivity contribution in [2.75, 3.05) is 26.2 Å². The van der Waals surface area contributed by atoms with Crippen LogP contribution in [0, 0.1) is 6.92 Å². The smallest absolute Gasteiger partial charge is 0.254 e. The van der Waals surface area contributed by atoms with Crippen LogP contribution in [-0.2, 0) is 11.2 Å². The first-order valence-corrected chi connectivity index (χ1v) is 12.4. The van der Waals surface area contributed by atoms with Crippen molar-refractivity contribution in [1.82, 2.24) is 9.80 Å². The SMILES string of the molecule is C=CCN(CC(=O)N1CCc2sccc2C1COc1ccccc1C)C(=O)c1cccc(Cl)c1. The number of carbonyl (C=O) groups is 2. The second-order valence-electron chi connectivity index (χ2n) is 8.21. The number of ether oxygens (including phenoxy) is 1. The number of amides is 2. The number of hydrogen-bond donors (Lipinski definition) is 0. The topological polar surface area (TPSA) is 49.9 Å². The average Bonchev–Trinajstić information content (AvgIpc) is 3.32. The van der Waals surface area contributed by atoms with E-state index < -0.39 is 0 Å². The summed E-state index contributed by atoms with van der Waals surface area (Å²) in [6.45, 7) is 6.92. The molecule has 2 amide bonds. The molecule has 1 aromatic heterocycles. The maximum absolute atomic E-state index is 13.5. The van der Waals surface area contributed by atoms with Crippen molar-refractivity contribution in [1.29, 1.82) is 0 Å². The lowest BCUT2D eigenvalue weighted by Gasteiger charge is -2.37. The van der Waals surface area contributed by atoms with Gasteiger partial charge < -0.3 is 14.5 Å². The second-order valence-corrected chi connectivity index (χ2v) is 9.65. The van der Waals surface area contributed by atoms with Crippen LogP contribution < -0.4 is 4.74 Å². The summed E-state index contributed by atoms with van der Waals surface area (Å²) < 4.78 is 6.16. The lowest BCUT2D eigenvalue weighted by Crippen LogP contribution is -2.47. The number of nitrogens with zero attached hydrogens (tertiary/aromatic N) is 2. The molecule has 0 radical (unpaired) electrons. The van der Waals surface area contributed by atoms with E-state index in [-0.39, 0.29) is 30.9 Å². The Labute approximate surface area is 209 Å². The van der Waals surface area contributed by atoms with E-state index in [2.05, 4.69) is 18.0 Å². The summed E-state index contributed by atoms with van der Waals surface area (Å²) in [4.78, 5) is 31.3. The van der Waals surface area contributed by atoms with Crippen molar-refractivity contribution >= 4 is 34.8 Å². The van der Waals surface area contributed by atoms with E-state index in [0.29, 0.717) is 23.7 Å². The first kappa shape index (κ1) is 24.0. The maximum Gasteiger partial charge on any atom is 0.254 e. The van der Waals surface area contributed by atoms with Crippen molar-refractivity contribution in [2.45, 2.75) is 19.4 Å². The van der Waals surface area contributed by atoms with Crippen LogP contribution in [0.1, 0.15) is 32.4 Å². The fourth-order valence-electron chi connectivity index (χ4n) is 4.19. The van der Waals surface area contributed by atoms with Crippen molar-refractivity contribution in [3.05, 3.63) is 99.2 Å². The van der Waals surface area contributed by atoms with Gasteiger partial charge in [-0.2, -0.15) is 0 Å². The highest BCUT2D eigenvalue weighted by Gasteiger charge is 2.33. The van der Waals surface area contributed by atoms with Crippen LogP contribution in [0.5, 0.6) is 5.75 Å². The first-order valence-electron chi connectivity index (χ1n) is 11.2. The van der Waals surface area contributed by atoms with Crippen molar-refractivity contribution in [2.24, 2.45) is 0 Å². The zero-order chi connectivity index (χ0) is 24.1. The quantitative estimate of drug-likeness (QED) is 0.386. The van der Waals surface area contributed by atoms with Crippen LogP contribution in [-0.4, -0.2) is 47.9 Å². The Bertz CT molecular complexity index is 1190. The van der Waals surface area contributed by atoms with Crippen LogP contribution in [0.3, 0.4) is 0 Å². The number of para-hydroxylation sites is 1. The number of halogens is 1. The van der Waals surface area contributed by atoms with E-state index in [9.17, 15) is 9.59 Å². The molecule has 1 aliphatic rings. The number of carbonyl (C=O) groups excluding carboxylic acids is 2. The minimum atomic E-state index is -0.253. The molecule has 0 saturated carbocycles. The molecule has 0 spiro atoms. The van der Waals surface area contributed by atoms with E-state index in [4.69, 9.17) is 16.3 Å². The van der Waals surface area contributed by atoms with Gasteiger partial charge in [0.2, 0.25) is 5.91 Å². The minimum Gasteiger partial charge on any atom is -0.491 e. The highest BCUT2D eigenvalue weighted by atomic mass is 35.5. The van der Waals surface area contributed by atoms with E-state index >= 15 is 0 Å². The number of thiophene rings is 1. The van der Waals surface area contributed by atoms with Gasteiger partial charge in [0.15, 0.2) is 0 Å². The highest BCUT2D eigenvalue weighted by molar-refractivity contribution is 7.10. The molecule has 0 aliphatic carbocycles. The third-order valence-electron chi connectivity index (χ3n) is 5.94. The molecule has 2 aromatic carbocycles. The number of hydrogen-bond acceptors (Lipinski definition) is 4. The van der Waals surface area contributed by atoms with Gasteiger partial charge in [0, 0.05) is 28.6 Å². The summed E-state index contributed by atoms with van der Waals surface area (Å²) in [5.41, 5.74) is 2.61. The van der Waals surface area contributed by atoms with E-state index in [1.165, 1.54) is 9.78 Å². The van der Waals surface area contributed by atoms with Crippen LogP contribution in [0.25, 0.3) is 0 Å². The number of fused-ring (bicyclic) bond motifs is 1. The molecular weight excluding hydrogens is 468 g/mol. The number of benzene rings is 2. The van der Waals surface area contributed by atoms with Gasteiger partial charge in [-0.1, -0.05) is 41.9 Å². The second kappa shape index (κ2) is 10.9. The predicted octanol–water partition coefficient (Wildman–Crippen LogP) is 5.54. The largest absolute Gasteiger partial charge is 0.491 e. The van der Waals surface area contributed by atoms with Crippen LogP contribution >= 0.6 is 22.9 Å². The molecule has 0 bridgehead atoms.